The fourth-order valence-corrected chi connectivity index (χ4v) is 2.57. The van der Waals surface area contributed by atoms with Gasteiger partial charge in [0.05, 0.1) is 12.8 Å². The van der Waals surface area contributed by atoms with E-state index >= 15 is 0 Å². The maximum absolute atomic E-state index is 11.9. The summed E-state index contributed by atoms with van der Waals surface area (Å²) in [6, 6.07) is 18.9. The van der Waals surface area contributed by atoms with Crippen LogP contribution in [0.25, 0.3) is 10.8 Å². The molecular formula is C20H19N3O2. The molecule has 0 atom stereocenters. The van der Waals surface area contributed by atoms with Gasteiger partial charge in [-0.1, -0.05) is 48.5 Å². The highest BCUT2D eigenvalue weighted by atomic mass is 16.3. The van der Waals surface area contributed by atoms with Crippen LogP contribution in [0, 0.1) is 6.92 Å². The van der Waals surface area contributed by atoms with Crippen molar-refractivity contribution in [3.8, 4) is 5.75 Å². The average molecular weight is 333 g/mol. The number of phenols is 1. The van der Waals surface area contributed by atoms with Crippen LogP contribution < -0.4 is 10.7 Å². The van der Waals surface area contributed by atoms with Crippen LogP contribution in [-0.4, -0.2) is 23.8 Å². The van der Waals surface area contributed by atoms with Gasteiger partial charge in [0.2, 0.25) is 0 Å². The summed E-state index contributed by atoms with van der Waals surface area (Å²) in [4.78, 5) is 11.9. The molecule has 0 fully saturated rings. The Bertz CT molecular complexity index is 935. The summed E-state index contributed by atoms with van der Waals surface area (Å²) >= 11 is 0. The largest absolute Gasteiger partial charge is 0.507 e. The Morgan fingerprint density at radius 1 is 1.08 bits per heavy atom. The number of rotatable bonds is 5. The number of para-hydroxylation sites is 1. The van der Waals surface area contributed by atoms with Crippen LogP contribution in [0.4, 0.5) is 5.69 Å². The monoisotopic (exact) mass is 333 g/mol. The molecule has 1 amide bonds. The number of aryl methyl sites for hydroxylation is 1. The predicted octanol–water partition coefficient (Wildman–Crippen LogP) is 3.42. The second-order valence-corrected chi connectivity index (χ2v) is 5.68. The van der Waals surface area contributed by atoms with E-state index in [1.165, 1.54) is 6.21 Å². The zero-order valence-electron chi connectivity index (χ0n) is 13.9. The first-order chi connectivity index (χ1) is 12.1. The van der Waals surface area contributed by atoms with Crippen molar-refractivity contribution in [2.45, 2.75) is 6.92 Å². The van der Waals surface area contributed by atoms with Crippen molar-refractivity contribution in [1.29, 1.82) is 0 Å². The Hall–Kier alpha value is -3.34. The molecule has 0 saturated carbocycles. The second-order valence-electron chi connectivity index (χ2n) is 5.68. The fourth-order valence-electron chi connectivity index (χ4n) is 2.57. The summed E-state index contributed by atoms with van der Waals surface area (Å²) in [6.07, 6.45) is 1.46. The highest BCUT2D eigenvalue weighted by molar-refractivity contribution is 6.02. The van der Waals surface area contributed by atoms with Crippen molar-refractivity contribution in [2.24, 2.45) is 5.10 Å². The van der Waals surface area contributed by atoms with Crippen LogP contribution in [0.1, 0.15) is 11.1 Å². The van der Waals surface area contributed by atoms with E-state index in [0.717, 1.165) is 22.0 Å². The summed E-state index contributed by atoms with van der Waals surface area (Å²) in [7, 11) is 0. The Kier molecular flexibility index (Phi) is 4.95. The molecule has 0 bridgehead atoms. The summed E-state index contributed by atoms with van der Waals surface area (Å²) in [5.74, 6) is -0.144. The molecule has 0 aliphatic heterocycles. The van der Waals surface area contributed by atoms with Gasteiger partial charge < -0.3 is 10.4 Å². The van der Waals surface area contributed by atoms with E-state index in [2.05, 4.69) is 15.8 Å². The number of benzene rings is 3. The van der Waals surface area contributed by atoms with E-state index in [0.29, 0.717) is 5.56 Å². The summed E-state index contributed by atoms with van der Waals surface area (Å²) in [5, 5.41) is 18.9. The minimum Gasteiger partial charge on any atom is -0.507 e. The number of carbonyl (C=O) groups is 1. The lowest BCUT2D eigenvalue weighted by Crippen LogP contribution is -2.26. The minimum atomic E-state index is -0.265. The molecule has 3 rings (SSSR count). The van der Waals surface area contributed by atoms with Crippen molar-refractivity contribution >= 4 is 28.6 Å². The third-order valence-electron chi connectivity index (χ3n) is 3.92. The maximum Gasteiger partial charge on any atom is 0.259 e. The number of phenolic OH excluding ortho intramolecular Hbond substituents is 1. The van der Waals surface area contributed by atoms with Crippen molar-refractivity contribution in [3.63, 3.8) is 0 Å². The van der Waals surface area contributed by atoms with E-state index in [1.54, 1.807) is 6.07 Å². The first-order valence-electron chi connectivity index (χ1n) is 7.97. The molecule has 0 spiro atoms. The zero-order chi connectivity index (χ0) is 17.6. The third kappa shape index (κ3) is 3.95. The second kappa shape index (κ2) is 7.49. The first kappa shape index (κ1) is 16.5. The number of carbonyl (C=O) groups excluding carboxylic acids is 1. The molecule has 0 aliphatic rings. The molecule has 3 N–H and O–H groups in total. The van der Waals surface area contributed by atoms with Crippen molar-refractivity contribution in [1.82, 2.24) is 5.43 Å². The van der Waals surface area contributed by atoms with E-state index in [4.69, 9.17) is 0 Å². The van der Waals surface area contributed by atoms with Crippen LogP contribution >= 0.6 is 0 Å². The Labute approximate surface area is 146 Å². The lowest BCUT2D eigenvalue weighted by molar-refractivity contribution is -0.119. The molecule has 3 aromatic carbocycles. The predicted molar refractivity (Wildman–Crippen MR) is 101 cm³/mol. The van der Waals surface area contributed by atoms with Crippen LogP contribution in [0.3, 0.4) is 0 Å². The quantitative estimate of drug-likeness (QED) is 0.495. The van der Waals surface area contributed by atoms with Gasteiger partial charge in [-0.3, -0.25) is 4.79 Å². The van der Waals surface area contributed by atoms with Crippen LogP contribution in [0.5, 0.6) is 5.75 Å². The van der Waals surface area contributed by atoms with Crippen LogP contribution in [-0.2, 0) is 4.79 Å². The topological polar surface area (TPSA) is 73.7 Å². The number of nitrogens with zero attached hydrogens (tertiary/aromatic N) is 1. The number of hydrogen-bond donors (Lipinski definition) is 3. The van der Waals surface area contributed by atoms with Crippen LogP contribution in [0.2, 0.25) is 0 Å². The van der Waals surface area contributed by atoms with Gasteiger partial charge in [-0.2, -0.15) is 5.10 Å². The molecule has 0 unspecified atom stereocenters. The summed E-state index contributed by atoms with van der Waals surface area (Å²) in [6.45, 7) is 2.09. The molecule has 0 heterocycles. The third-order valence-corrected chi connectivity index (χ3v) is 3.92. The number of aromatic hydroxyl groups is 1. The molecule has 0 aliphatic carbocycles. The Morgan fingerprint density at radius 2 is 1.84 bits per heavy atom. The Morgan fingerprint density at radius 3 is 2.68 bits per heavy atom. The van der Waals surface area contributed by atoms with Gasteiger partial charge in [0, 0.05) is 11.3 Å². The standard InChI is InChI=1S/C20H19N3O2/c1-14-6-2-5-9-18(14)21-13-20(25)23-22-12-17-16-8-4-3-7-15(16)10-11-19(17)24/h2-12,21,24H,13H2,1H3,(H,23,25). The maximum atomic E-state index is 11.9. The van der Waals surface area contributed by atoms with Gasteiger partial charge in [-0.15, -0.1) is 0 Å². The van der Waals surface area contributed by atoms with Gasteiger partial charge in [0.25, 0.3) is 5.91 Å². The van der Waals surface area contributed by atoms with Gasteiger partial charge in [0.1, 0.15) is 5.75 Å². The zero-order valence-corrected chi connectivity index (χ0v) is 13.9. The fraction of sp³-hybridized carbons (Fsp3) is 0.100. The SMILES string of the molecule is Cc1ccccc1NCC(=O)NN=Cc1c(O)ccc2ccccc12. The molecule has 25 heavy (non-hydrogen) atoms. The van der Waals surface area contributed by atoms with Crippen molar-refractivity contribution in [2.75, 3.05) is 11.9 Å². The lowest BCUT2D eigenvalue weighted by atomic mass is 10.0. The molecule has 0 radical (unpaired) electrons. The number of nitrogens with one attached hydrogen (secondary N) is 2. The van der Waals surface area contributed by atoms with E-state index in [9.17, 15) is 9.90 Å². The average Bonchev–Trinajstić information content (AvgIpc) is 2.63. The van der Waals surface area contributed by atoms with Gasteiger partial charge in [0.15, 0.2) is 0 Å². The highest BCUT2D eigenvalue weighted by Crippen LogP contribution is 2.25. The number of fused-ring (bicyclic) bond motifs is 1. The molecule has 0 saturated heterocycles. The molecule has 5 heteroatoms. The number of anilines is 1. The highest BCUT2D eigenvalue weighted by Gasteiger charge is 2.05. The molecule has 3 aromatic rings. The van der Waals surface area contributed by atoms with Gasteiger partial charge >= 0.3 is 0 Å². The molecular weight excluding hydrogens is 314 g/mol. The summed E-state index contributed by atoms with van der Waals surface area (Å²) < 4.78 is 0. The molecule has 126 valence electrons. The molecule has 5 nitrogen and oxygen atoms in total. The number of hydrogen-bond acceptors (Lipinski definition) is 4. The number of hydrazone groups is 1. The van der Waals surface area contributed by atoms with Crippen molar-refractivity contribution in [3.05, 3.63) is 71.8 Å². The first-order valence-corrected chi connectivity index (χ1v) is 7.97. The Balaban J connectivity index is 1.64. The molecule has 0 aromatic heterocycles. The van der Waals surface area contributed by atoms with E-state index in [1.807, 2.05) is 61.5 Å². The van der Waals surface area contributed by atoms with Crippen molar-refractivity contribution < 1.29 is 9.90 Å². The van der Waals surface area contributed by atoms with E-state index in [-0.39, 0.29) is 18.2 Å². The smallest absolute Gasteiger partial charge is 0.259 e. The summed E-state index contributed by atoms with van der Waals surface area (Å²) in [5.41, 5.74) is 5.02. The normalized spacial score (nSPS) is 10.9. The van der Waals surface area contributed by atoms with Gasteiger partial charge in [-0.25, -0.2) is 5.43 Å². The minimum absolute atomic E-state index is 0.115. The van der Waals surface area contributed by atoms with Crippen LogP contribution in [0.15, 0.2) is 65.8 Å². The lowest BCUT2D eigenvalue weighted by Gasteiger charge is -2.08. The number of amides is 1. The van der Waals surface area contributed by atoms with Gasteiger partial charge in [-0.05, 0) is 35.4 Å². The van der Waals surface area contributed by atoms with E-state index < -0.39 is 0 Å².